The van der Waals surface area contributed by atoms with Crippen molar-refractivity contribution in [3.63, 3.8) is 0 Å². The molecule has 0 saturated carbocycles. The minimum absolute atomic E-state index is 0.0735. The van der Waals surface area contributed by atoms with Crippen molar-refractivity contribution in [2.24, 2.45) is 0 Å². The van der Waals surface area contributed by atoms with Crippen molar-refractivity contribution < 1.29 is 0 Å². The molecule has 4 nitrogen and oxygen atoms in total. The number of aryl methyl sites for hydroxylation is 1. The Hall–Kier alpha value is -1.68. The van der Waals surface area contributed by atoms with Crippen LogP contribution in [0.15, 0.2) is 30.6 Å². The molecule has 0 fully saturated rings. The number of nitrogens with zero attached hydrogens (tertiary/aromatic N) is 3. The average Bonchev–Trinajstić information content (AvgIpc) is 2.75. The van der Waals surface area contributed by atoms with Gasteiger partial charge in [0.05, 0.1) is 12.2 Å². The summed E-state index contributed by atoms with van der Waals surface area (Å²) in [6, 6.07) is 8.28. The van der Waals surface area contributed by atoms with Crippen LogP contribution in [0.1, 0.15) is 32.2 Å². The second-order valence-corrected chi connectivity index (χ2v) is 5.53. The Morgan fingerprint density at radius 1 is 1.17 bits per heavy atom. The summed E-state index contributed by atoms with van der Waals surface area (Å²) in [5.41, 5.74) is 2.36. The van der Waals surface area contributed by atoms with Gasteiger partial charge in [-0.25, -0.2) is 9.67 Å². The maximum Gasteiger partial charge on any atom is 0.146 e. The van der Waals surface area contributed by atoms with Crippen LogP contribution in [-0.4, -0.2) is 20.3 Å². The van der Waals surface area contributed by atoms with E-state index in [2.05, 4.69) is 67.4 Å². The molecule has 4 heteroatoms. The van der Waals surface area contributed by atoms with Gasteiger partial charge in [0.25, 0.3) is 0 Å². The normalized spacial score (nSPS) is 11.8. The zero-order valence-electron chi connectivity index (χ0n) is 11.4. The second-order valence-electron chi connectivity index (χ2n) is 5.53. The first-order valence-corrected chi connectivity index (χ1v) is 6.17. The van der Waals surface area contributed by atoms with E-state index in [1.807, 2.05) is 4.68 Å². The largest absolute Gasteiger partial charge is 0.305 e. The number of aromatic nitrogens is 3. The molecule has 0 aliphatic carbocycles. The third-order valence-electron chi connectivity index (χ3n) is 2.67. The van der Waals surface area contributed by atoms with E-state index in [1.54, 1.807) is 6.33 Å². The SMILES string of the molecule is Cc1ccc(-n2ncnc2CNC(C)(C)C)cc1. The Balaban J connectivity index is 2.20. The molecule has 0 bridgehead atoms. The molecule has 2 aromatic rings. The van der Waals surface area contributed by atoms with E-state index in [1.165, 1.54) is 5.56 Å². The van der Waals surface area contributed by atoms with Crippen LogP contribution in [0.5, 0.6) is 0 Å². The molecule has 0 unspecified atom stereocenters. The Labute approximate surface area is 108 Å². The van der Waals surface area contributed by atoms with E-state index in [0.717, 1.165) is 11.5 Å². The van der Waals surface area contributed by atoms with Crippen molar-refractivity contribution >= 4 is 0 Å². The van der Waals surface area contributed by atoms with Crippen molar-refractivity contribution in [2.45, 2.75) is 39.8 Å². The summed E-state index contributed by atoms with van der Waals surface area (Å²) in [4.78, 5) is 4.31. The van der Waals surface area contributed by atoms with Crippen molar-refractivity contribution in [3.8, 4) is 5.69 Å². The van der Waals surface area contributed by atoms with Gasteiger partial charge in [-0.2, -0.15) is 5.10 Å². The fraction of sp³-hybridized carbons (Fsp3) is 0.429. The third kappa shape index (κ3) is 3.17. The molecule has 0 atom stereocenters. The maximum absolute atomic E-state index is 4.31. The molecular formula is C14H20N4. The van der Waals surface area contributed by atoms with Crippen LogP contribution in [0.25, 0.3) is 5.69 Å². The van der Waals surface area contributed by atoms with Gasteiger partial charge < -0.3 is 5.32 Å². The number of hydrogen-bond donors (Lipinski definition) is 1. The molecule has 96 valence electrons. The molecule has 0 spiro atoms. The Bertz CT molecular complexity index is 505. The lowest BCUT2D eigenvalue weighted by Gasteiger charge is -2.20. The van der Waals surface area contributed by atoms with E-state index in [4.69, 9.17) is 0 Å². The number of nitrogens with one attached hydrogen (secondary N) is 1. The van der Waals surface area contributed by atoms with Crippen LogP contribution < -0.4 is 5.32 Å². The maximum atomic E-state index is 4.31. The predicted octanol–water partition coefficient (Wildman–Crippen LogP) is 2.46. The Morgan fingerprint density at radius 2 is 1.83 bits per heavy atom. The molecule has 1 N–H and O–H groups in total. The van der Waals surface area contributed by atoms with Crippen molar-refractivity contribution in [1.82, 2.24) is 20.1 Å². The van der Waals surface area contributed by atoms with Gasteiger partial charge in [-0.15, -0.1) is 0 Å². The third-order valence-corrected chi connectivity index (χ3v) is 2.67. The highest BCUT2D eigenvalue weighted by molar-refractivity contribution is 5.33. The molecular weight excluding hydrogens is 224 g/mol. The van der Waals surface area contributed by atoms with E-state index in [0.29, 0.717) is 6.54 Å². The number of hydrogen-bond acceptors (Lipinski definition) is 3. The highest BCUT2D eigenvalue weighted by atomic mass is 15.3. The summed E-state index contributed by atoms with van der Waals surface area (Å²) in [6.45, 7) is 9.20. The zero-order valence-corrected chi connectivity index (χ0v) is 11.4. The Kier molecular flexibility index (Phi) is 3.48. The molecule has 1 aromatic heterocycles. The van der Waals surface area contributed by atoms with Crippen LogP contribution in [0, 0.1) is 6.92 Å². The van der Waals surface area contributed by atoms with E-state index in [9.17, 15) is 0 Å². The summed E-state index contributed by atoms with van der Waals surface area (Å²) in [7, 11) is 0. The van der Waals surface area contributed by atoms with Gasteiger partial charge in [0, 0.05) is 5.54 Å². The highest BCUT2D eigenvalue weighted by Gasteiger charge is 2.12. The van der Waals surface area contributed by atoms with E-state index < -0.39 is 0 Å². The molecule has 0 aliphatic heterocycles. The Morgan fingerprint density at radius 3 is 2.44 bits per heavy atom. The molecule has 1 heterocycles. The average molecular weight is 244 g/mol. The zero-order chi connectivity index (χ0) is 13.2. The van der Waals surface area contributed by atoms with Crippen LogP contribution in [-0.2, 0) is 6.54 Å². The molecule has 18 heavy (non-hydrogen) atoms. The summed E-state index contributed by atoms with van der Waals surface area (Å²) >= 11 is 0. The lowest BCUT2D eigenvalue weighted by molar-refractivity contribution is 0.415. The minimum Gasteiger partial charge on any atom is -0.305 e. The number of rotatable bonds is 3. The summed E-state index contributed by atoms with van der Waals surface area (Å²) in [6.07, 6.45) is 1.60. The van der Waals surface area contributed by atoms with Gasteiger partial charge in [0.1, 0.15) is 12.2 Å². The topological polar surface area (TPSA) is 42.7 Å². The van der Waals surface area contributed by atoms with Gasteiger partial charge in [-0.3, -0.25) is 0 Å². The van der Waals surface area contributed by atoms with Crippen LogP contribution >= 0.6 is 0 Å². The molecule has 0 amide bonds. The highest BCUT2D eigenvalue weighted by Crippen LogP contribution is 2.10. The quantitative estimate of drug-likeness (QED) is 0.902. The monoisotopic (exact) mass is 244 g/mol. The predicted molar refractivity (Wildman–Crippen MR) is 72.7 cm³/mol. The van der Waals surface area contributed by atoms with Crippen LogP contribution in [0.4, 0.5) is 0 Å². The van der Waals surface area contributed by atoms with Crippen LogP contribution in [0.2, 0.25) is 0 Å². The summed E-state index contributed by atoms with van der Waals surface area (Å²) in [5.74, 6) is 0.925. The standard InChI is InChI=1S/C14H20N4/c1-11-5-7-12(8-6-11)18-13(15-10-17-18)9-16-14(2,3)4/h5-8,10,16H,9H2,1-4H3. The van der Waals surface area contributed by atoms with Crippen molar-refractivity contribution in [2.75, 3.05) is 0 Å². The fourth-order valence-electron chi connectivity index (χ4n) is 1.63. The second kappa shape index (κ2) is 4.90. The minimum atomic E-state index is 0.0735. The number of benzene rings is 1. The van der Waals surface area contributed by atoms with Crippen molar-refractivity contribution in [3.05, 3.63) is 42.0 Å². The summed E-state index contributed by atoms with van der Waals surface area (Å²) < 4.78 is 1.87. The van der Waals surface area contributed by atoms with E-state index in [-0.39, 0.29) is 5.54 Å². The van der Waals surface area contributed by atoms with Crippen LogP contribution in [0.3, 0.4) is 0 Å². The van der Waals surface area contributed by atoms with Gasteiger partial charge in [0.2, 0.25) is 0 Å². The molecule has 0 saturated heterocycles. The lowest BCUT2D eigenvalue weighted by atomic mass is 10.1. The first-order chi connectivity index (χ1) is 8.46. The first kappa shape index (κ1) is 12.8. The van der Waals surface area contributed by atoms with Gasteiger partial charge in [0.15, 0.2) is 0 Å². The molecule has 0 aliphatic rings. The molecule has 1 aromatic carbocycles. The first-order valence-electron chi connectivity index (χ1n) is 6.17. The van der Waals surface area contributed by atoms with E-state index >= 15 is 0 Å². The molecule has 0 radical (unpaired) electrons. The smallest absolute Gasteiger partial charge is 0.146 e. The van der Waals surface area contributed by atoms with Gasteiger partial charge in [-0.1, -0.05) is 17.7 Å². The fourth-order valence-corrected chi connectivity index (χ4v) is 1.63. The lowest BCUT2D eigenvalue weighted by Crippen LogP contribution is -2.35. The summed E-state index contributed by atoms with van der Waals surface area (Å²) in [5, 5.41) is 7.70. The van der Waals surface area contributed by atoms with Gasteiger partial charge >= 0.3 is 0 Å². The van der Waals surface area contributed by atoms with Crippen molar-refractivity contribution in [1.29, 1.82) is 0 Å². The van der Waals surface area contributed by atoms with Gasteiger partial charge in [-0.05, 0) is 39.8 Å². The molecule has 2 rings (SSSR count).